The summed E-state index contributed by atoms with van der Waals surface area (Å²) in [6.45, 7) is 3.91. The van der Waals surface area contributed by atoms with Crippen molar-refractivity contribution in [3.05, 3.63) is 17.0 Å². The van der Waals surface area contributed by atoms with Crippen LogP contribution < -0.4 is 0 Å². The van der Waals surface area contributed by atoms with Crippen molar-refractivity contribution in [3.63, 3.8) is 0 Å². The molecule has 1 saturated carbocycles. The van der Waals surface area contributed by atoms with Crippen molar-refractivity contribution < 1.29 is 14.4 Å². The van der Waals surface area contributed by atoms with Crippen LogP contribution in [0, 0.1) is 19.8 Å². The quantitative estimate of drug-likeness (QED) is 0.909. The largest absolute Gasteiger partial charge is 0.481 e. The van der Waals surface area contributed by atoms with Gasteiger partial charge in [0.25, 0.3) is 0 Å². The number of thioether (sulfide) groups is 1. The number of nitrogens with zero attached hydrogens (tertiary/aromatic N) is 1. The smallest absolute Gasteiger partial charge is 0.306 e. The molecule has 5 heteroatoms. The number of hydrogen-bond acceptors (Lipinski definition) is 4. The summed E-state index contributed by atoms with van der Waals surface area (Å²) in [5, 5.41) is 13.5. The van der Waals surface area contributed by atoms with Gasteiger partial charge in [0.15, 0.2) is 0 Å². The lowest BCUT2D eigenvalue weighted by Crippen LogP contribution is -2.22. The molecule has 1 N–H and O–H groups in total. The van der Waals surface area contributed by atoms with E-state index in [2.05, 4.69) is 5.16 Å². The third-order valence-corrected chi connectivity index (χ3v) is 5.07. The van der Waals surface area contributed by atoms with Gasteiger partial charge in [-0.2, -0.15) is 11.8 Å². The Labute approximate surface area is 111 Å². The molecule has 0 atom stereocenters. The van der Waals surface area contributed by atoms with E-state index in [1.165, 1.54) is 5.56 Å². The fourth-order valence-corrected chi connectivity index (χ4v) is 3.81. The highest BCUT2D eigenvalue weighted by Crippen LogP contribution is 2.34. The predicted molar refractivity (Wildman–Crippen MR) is 70.7 cm³/mol. The first-order valence-electron chi connectivity index (χ1n) is 6.34. The van der Waals surface area contributed by atoms with Crippen LogP contribution >= 0.6 is 11.8 Å². The number of aryl methyl sites for hydroxylation is 2. The predicted octanol–water partition coefficient (Wildman–Crippen LogP) is 3.17. The summed E-state index contributed by atoms with van der Waals surface area (Å²) < 4.78 is 5.14. The number of aliphatic carboxylic acids is 1. The molecule has 0 unspecified atom stereocenters. The second-order valence-corrected chi connectivity index (χ2v) is 6.21. The monoisotopic (exact) mass is 269 g/mol. The maximum absolute atomic E-state index is 10.9. The fraction of sp³-hybridized carbons (Fsp3) is 0.692. The summed E-state index contributed by atoms with van der Waals surface area (Å²) in [6.07, 6.45) is 3.64. The molecule has 1 aliphatic rings. The summed E-state index contributed by atoms with van der Waals surface area (Å²) in [5.41, 5.74) is 2.17. The van der Waals surface area contributed by atoms with Crippen molar-refractivity contribution >= 4 is 17.7 Å². The highest BCUT2D eigenvalue weighted by Gasteiger charge is 2.26. The van der Waals surface area contributed by atoms with Crippen molar-refractivity contribution in [2.75, 3.05) is 0 Å². The molecule has 1 heterocycles. The molecule has 4 nitrogen and oxygen atoms in total. The Morgan fingerprint density at radius 2 is 2.06 bits per heavy atom. The summed E-state index contributed by atoms with van der Waals surface area (Å²) in [7, 11) is 0. The van der Waals surface area contributed by atoms with E-state index in [0.29, 0.717) is 5.25 Å². The lowest BCUT2D eigenvalue weighted by molar-refractivity contribution is -0.142. The molecule has 1 aliphatic carbocycles. The molecule has 18 heavy (non-hydrogen) atoms. The van der Waals surface area contributed by atoms with Gasteiger partial charge in [0.1, 0.15) is 5.76 Å². The standard InChI is InChI=1S/C13H19NO3S/c1-8-12(9(2)17-14-8)7-18-11-5-3-10(4-6-11)13(15)16/h10-11H,3-7H2,1-2H3,(H,15,16). The Morgan fingerprint density at radius 1 is 1.39 bits per heavy atom. The number of rotatable bonds is 4. The van der Waals surface area contributed by atoms with E-state index in [-0.39, 0.29) is 5.92 Å². The second-order valence-electron chi connectivity index (χ2n) is 4.93. The van der Waals surface area contributed by atoms with Crippen LogP contribution in [0.2, 0.25) is 0 Å². The van der Waals surface area contributed by atoms with Crippen molar-refractivity contribution in [1.29, 1.82) is 0 Å². The van der Waals surface area contributed by atoms with E-state index in [0.717, 1.165) is 42.9 Å². The summed E-state index contributed by atoms with van der Waals surface area (Å²) in [6, 6.07) is 0. The Bertz CT molecular complexity index is 402. The molecule has 0 aliphatic heterocycles. The number of carbonyl (C=O) groups is 1. The number of aromatic nitrogens is 1. The van der Waals surface area contributed by atoms with Crippen molar-refractivity contribution in [1.82, 2.24) is 5.16 Å². The van der Waals surface area contributed by atoms with E-state index in [4.69, 9.17) is 9.63 Å². The minimum absolute atomic E-state index is 0.124. The summed E-state index contributed by atoms with van der Waals surface area (Å²) in [4.78, 5) is 10.9. The van der Waals surface area contributed by atoms with Crippen LogP contribution in [-0.2, 0) is 10.5 Å². The van der Waals surface area contributed by atoms with Crippen LogP contribution in [0.1, 0.15) is 42.7 Å². The molecule has 1 aromatic rings. The minimum Gasteiger partial charge on any atom is -0.481 e. The number of carboxylic acid groups (broad SMARTS) is 1. The first-order valence-corrected chi connectivity index (χ1v) is 7.39. The SMILES string of the molecule is Cc1noc(C)c1CSC1CCC(C(=O)O)CC1. The normalized spacial score (nSPS) is 24.1. The van der Waals surface area contributed by atoms with Crippen LogP contribution in [0.25, 0.3) is 0 Å². The topological polar surface area (TPSA) is 63.3 Å². The Hall–Kier alpha value is -0.970. The molecular weight excluding hydrogens is 250 g/mol. The minimum atomic E-state index is -0.635. The lowest BCUT2D eigenvalue weighted by Gasteiger charge is -2.25. The van der Waals surface area contributed by atoms with Gasteiger partial charge in [0.05, 0.1) is 11.6 Å². The Kier molecular flexibility index (Phi) is 4.32. The van der Waals surface area contributed by atoms with Gasteiger partial charge in [0, 0.05) is 16.6 Å². The van der Waals surface area contributed by atoms with Crippen LogP contribution in [0.3, 0.4) is 0 Å². The molecule has 1 aromatic heterocycles. The molecule has 0 aromatic carbocycles. The lowest BCUT2D eigenvalue weighted by atomic mass is 9.89. The van der Waals surface area contributed by atoms with Crippen LogP contribution in [-0.4, -0.2) is 21.5 Å². The van der Waals surface area contributed by atoms with Gasteiger partial charge in [-0.15, -0.1) is 0 Å². The van der Waals surface area contributed by atoms with E-state index in [1.807, 2.05) is 25.6 Å². The van der Waals surface area contributed by atoms with Crippen molar-refractivity contribution in [2.24, 2.45) is 5.92 Å². The highest BCUT2D eigenvalue weighted by molar-refractivity contribution is 7.99. The molecule has 100 valence electrons. The zero-order chi connectivity index (χ0) is 13.1. The molecule has 0 spiro atoms. The first kappa shape index (κ1) is 13.5. The van der Waals surface area contributed by atoms with Gasteiger partial charge in [-0.25, -0.2) is 0 Å². The highest BCUT2D eigenvalue weighted by atomic mass is 32.2. The second kappa shape index (κ2) is 5.78. The molecular formula is C13H19NO3S. The van der Waals surface area contributed by atoms with E-state index >= 15 is 0 Å². The van der Waals surface area contributed by atoms with Crippen molar-refractivity contribution in [2.45, 2.75) is 50.5 Å². The maximum Gasteiger partial charge on any atom is 0.306 e. The molecule has 1 fully saturated rings. The van der Waals surface area contributed by atoms with Crippen molar-refractivity contribution in [3.8, 4) is 0 Å². The van der Waals surface area contributed by atoms with Gasteiger partial charge in [-0.1, -0.05) is 5.16 Å². The maximum atomic E-state index is 10.9. The zero-order valence-electron chi connectivity index (χ0n) is 10.8. The van der Waals surface area contributed by atoms with Gasteiger partial charge >= 0.3 is 5.97 Å². The third-order valence-electron chi connectivity index (χ3n) is 3.67. The van der Waals surface area contributed by atoms with E-state index in [9.17, 15) is 4.79 Å². The van der Waals surface area contributed by atoms with E-state index in [1.54, 1.807) is 0 Å². The Balaban J connectivity index is 1.81. The molecule has 0 amide bonds. The fourth-order valence-electron chi connectivity index (χ4n) is 2.39. The first-order chi connectivity index (χ1) is 8.58. The molecule has 0 saturated heterocycles. The number of hydrogen-bond donors (Lipinski definition) is 1. The van der Waals surface area contributed by atoms with E-state index < -0.39 is 5.97 Å². The average molecular weight is 269 g/mol. The summed E-state index contributed by atoms with van der Waals surface area (Å²) >= 11 is 1.90. The third kappa shape index (κ3) is 3.07. The van der Waals surface area contributed by atoms with Gasteiger partial charge in [-0.05, 0) is 39.5 Å². The molecule has 2 rings (SSSR count). The van der Waals surface area contributed by atoms with Gasteiger partial charge in [0.2, 0.25) is 0 Å². The van der Waals surface area contributed by atoms with Crippen LogP contribution in [0.5, 0.6) is 0 Å². The number of carboxylic acids is 1. The molecule has 0 radical (unpaired) electrons. The van der Waals surface area contributed by atoms with Crippen LogP contribution in [0.15, 0.2) is 4.52 Å². The summed E-state index contributed by atoms with van der Waals surface area (Å²) in [5.74, 6) is 1.06. The zero-order valence-corrected chi connectivity index (χ0v) is 11.6. The van der Waals surface area contributed by atoms with Crippen LogP contribution in [0.4, 0.5) is 0 Å². The van der Waals surface area contributed by atoms with Gasteiger partial charge in [-0.3, -0.25) is 4.79 Å². The average Bonchev–Trinajstić information content (AvgIpc) is 2.67. The Morgan fingerprint density at radius 3 is 2.56 bits per heavy atom. The van der Waals surface area contributed by atoms with Gasteiger partial charge < -0.3 is 9.63 Å². The molecule has 0 bridgehead atoms.